The van der Waals surface area contributed by atoms with Crippen molar-refractivity contribution in [3.63, 3.8) is 0 Å². The minimum Gasteiger partial charge on any atom is -0.454 e. The van der Waals surface area contributed by atoms with Crippen molar-refractivity contribution in [2.75, 3.05) is 6.79 Å². The van der Waals surface area contributed by atoms with E-state index in [1.807, 2.05) is 19.1 Å². The molecule has 15 heavy (non-hydrogen) atoms. The van der Waals surface area contributed by atoms with Gasteiger partial charge in [-0.25, -0.2) is 0 Å². The van der Waals surface area contributed by atoms with E-state index in [1.54, 1.807) is 0 Å². The largest absolute Gasteiger partial charge is 0.454 e. The first-order valence-corrected chi connectivity index (χ1v) is 5.79. The lowest BCUT2D eigenvalue weighted by Crippen LogP contribution is -2.15. The molecule has 1 atom stereocenters. The second-order valence-corrected chi connectivity index (χ2v) is 4.67. The van der Waals surface area contributed by atoms with Crippen molar-refractivity contribution in [2.45, 2.75) is 25.8 Å². The second-order valence-electron chi connectivity index (χ2n) is 3.81. The molecular weight excluding hydrogens is 258 g/mol. The zero-order valence-electron chi connectivity index (χ0n) is 8.63. The van der Waals surface area contributed by atoms with E-state index < -0.39 is 0 Å². The average molecular weight is 272 g/mol. The lowest BCUT2D eigenvalue weighted by atomic mass is 10.1. The molecule has 1 aliphatic rings. The van der Waals surface area contributed by atoms with E-state index in [0.717, 1.165) is 28.8 Å². The normalized spacial score (nSPS) is 15.4. The fraction of sp³-hybridized carbons (Fsp3) is 0.455. The fourth-order valence-electron chi connectivity index (χ4n) is 1.53. The molecule has 0 saturated carbocycles. The lowest BCUT2D eigenvalue weighted by molar-refractivity contribution is 0.174. The topological polar surface area (TPSA) is 44.5 Å². The van der Waals surface area contributed by atoms with Crippen LogP contribution in [0.4, 0.5) is 0 Å². The van der Waals surface area contributed by atoms with Gasteiger partial charge in [-0.1, -0.05) is 15.9 Å². The van der Waals surface area contributed by atoms with E-state index in [4.69, 9.17) is 15.2 Å². The van der Waals surface area contributed by atoms with Gasteiger partial charge >= 0.3 is 0 Å². The number of benzene rings is 1. The summed E-state index contributed by atoms with van der Waals surface area (Å²) in [4.78, 5) is 0. The maximum absolute atomic E-state index is 5.73. The number of nitrogens with two attached hydrogens (primary N) is 1. The Kier molecular flexibility index (Phi) is 3.17. The SMILES string of the molecule is C[C@H](N)CCc1cc2c(cc1Br)OCO2. The van der Waals surface area contributed by atoms with Crippen LogP contribution in [-0.2, 0) is 6.42 Å². The summed E-state index contributed by atoms with van der Waals surface area (Å²) in [5.41, 5.74) is 6.95. The lowest BCUT2D eigenvalue weighted by Gasteiger charge is -2.08. The van der Waals surface area contributed by atoms with Crippen LogP contribution in [0.2, 0.25) is 0 Å². The van der Waals surface area contributed by atoms with Gasteiger partial charge in [0.15, 0.2) is 11.5 Å². The first kappa shape index (κ1) is 10.8. The Bertz CT molecular complexity index is 366. The van der Waals surface area contributed by atoms with Crippen molar-refractivity contribution in [1.82, 2.24) is 0 Å². The van der Waals surface area contributed by atoms with E-state index in [-0.39, 0.29) is 6.04 Å². The molecule has 2 N–H and O–H groups in total. The predicted octanol–water partition coefficient (Wildman–Crippen LogP) is 2.46. The van der Waals surface area contributed by atoms with Crippen molar-refractivity contribution in [3.8, 4) is 11.5 Å². The Morgan fingerprint density at radius 2 is 2.07 bits per heavy atom. The maximum Gasteiger partial charge on any atom is 0.231 e. The zero-order valence-corrected chi connectivity index (χ0v) is 10.2. The van der Waals surface area contributed by atoms with Crippen molar-refractivity contribution < 1.29 is 9.47 Å². The third-order valence-corrected chi connectivity index (χ3v) is 3.15. The van der Waals surface area contributed by atoms with E-state index in [1.165, 1.54) is 5.56 Å². The number of aryl methyl sites for hydroxylation is 1. The Balaban J connectivity index is 2.17. The molecule has 0 spiro atoms. The number of rotatable bonds is 3. The molecule has 0 amide bonds. The summed E-state index contributed by atoms with van der Waals surface area (Å²) in [5.74, 6) is 1.64. The van der Waals surface area contributed by atoms with Gasteiger partial charge in [0, 0.05) is 10.5 Å². The molecule has 0 bridgehead atoms. The third kappa shape index (κ3) is 2.44. The molecular formula is C11H14BrNO2. The molecule has 0 unspecified atom stereocenters. The van der Waals surface area contributed by atoms with Gasteiger partial charge in [0.05, 0.1) is 0 Å². The number of hydrogen-bond acceptors (Lipinski definition) is 3. The first-order chi connectivity index (χ1) is 7.16. The molecule has 1 heterocycles. The molecule has 0 radical (unpaired) electrons. The molecule has 1 aromatic carbocycles. The van der Waals surface area contributed by atoms with Crippen LogP contribution in [0.1, 0.15) is 18.9 Å². The first-order valence-electron chi connectivity index (χ1n) is 5.00. The van der Waals surface area contributed by atoms with E-state index in [9.17, 15) is 0 Å². The number of hydrogen-bond donors (Lipinski definition) is 1. The maximum atomic E-state index is 5.73. The monoisotopic (exact) mass is 271 g/mol. The van der Waals surface area contributed by atoms with Gasteiger partial charge in [-0.05, 0) is 37.5 Å². The highest BCUT2D eigenvalue weighted by molar-refractivity contribution is 9.10. The summed E-state index contributed by atoms with van der Waals surface area (Å²) in [7, 11) is 0. The molecule has 0 saturated heterocycles. The van der Waals surface area contributed by atoms with E-state index in [0.29, 0.717) is 6.79 Å². The molecule has 0 aliphatic carbocycles. The van der Waals surface area contributed by atoms with E-state index >= 15 is 0 Å². The zero-order chi connectivity index (χ0) is 10.8. The molecule has 2 rings (SSSR count). The second kappa shape index (κ2) is 4.41. The minimum atomic E-state index is 0.224. The Hall–Kier alpha value is -0.740. The summed E-state index contributed by atoms with van der Waals surface area (Å²) in [5, 5.41) is 0. The van der Waals surface area contributed by atoms with Crippen LogP contribution in [0, 0.1) is 0 Å². The molecule has 82 valence electrons. The van der Waals surface area contributed by atoms with Crippen molar-refractivity contribution in [2.24, 2.45) is 5.73 Å². The summed E-state index contributed by atoms with van der Waals surface area (Å²) in [6.07, 6.45) is 1.92. The Morgan fingerprint density at radius 1 is 1.40 bits per heavy atom. The molecule has 1 aromatic rings. The third-order valence-electron chi connectivity index (χ3n) is 2.41. The standard InChI is InChI=1S/C11H14BrNO2/c1-7(13)2-3-8-4-10-11(5-9(8)12)15-6-14-10/h4-5,7H,2-3,6,13H2,1H3/t7-/m0/s1. The number of halogens is 1. The van der Waals surface area contributed by atoms with Crippen LogP contribution in [-0.4, -0.2) is 12.8 Å². The van der Waals surface area contributed by atoms with Crippen LogP contribution in [0.3, 0.4) is 0 Å². The van der Waals surface area contributed by atoms with Gasteiger partial charge in [0.2, 0.25) is 6.79 Å². The fourth-order valence-corrected chi connectivity index (χ4v) is 2.05. The molecule has 4 heteroatoms. The molecule has 1 aliphatic heterocycles. The predicted molar refractivity (Wildman–Crippen MR) is 62.2 cm³/mol. The Morgan fingerprint density at radius 3 is 2.73 bits per heavy atom. The van der Waals surface area contributed by atoms with Crippen LogP contribution in [0.5, 0.6) is 11.5 Å². The van der Waals surface area contributed by atoms with Gasteiger partial charge in [-0.3, -0.25) is 0 Å². The summed E-state index contributed by atoms with van der Waals surface area (Å²) >= 11 is 3.52. The van der Waals surface area contributed by atoms with Crippen LogP contribution < -0.4 is 15.2 Å². The van der Waals surface area contributed by atoms with Gasteiger partial charge in [-0.15, -0.1) is 0 Å². The smallest absolute Gasteiger partial charge is 0.231 e. The Labute approximate surface area is 97.7 Å². The number of ether oxygens (including phenoxy) is 2. The van der Waals surface area contributed by atoms with Gasteiger partial charge in [-0.2, -0.15) is 0 Å². The summed E-state index contributed by atoms with van der Waals surface area (Å²) in [6, 6.07) is 4.20. The minimum absolute atomic E-state index is 0.224. The molecule has 0 fully saturated rings. The summed E-state index contributed by atoms with van der Waals surface area (Å²) in [6.45, 7) is 2.33. The number of fused-ring (bicyclic) bond motifs is 1. The highest BCUT2D eigenvalue weighted by atomic mass is 79.9. The van der Waals surface area contributed by atoms with Crippen molar-refractivity contribution >= 4 is 15.9 Å². The van der Waals surface area contributed by atoms with Crippen LogP contribution in [0.25, 0.3) is 0 Å². The van der Waals surface area contributed by atoms with E-state index in [2.05, 4.69) is 15.9 Å². The van der Waals surface area contributed by atoms with Crippen LogP contribution in [0.15, 0.2) is 16.6 Å². The summed E-state index contributed by atoms with van der Waals surface area (Å²) < 4.78 is 11.7. The van der Waals surface area contributed by atoms with Gasteiger partial charge in [0.25, 0.3) is 0 Å². The average Bonchev–Trinajstić information content (AvgIpc) is 2.60. The van der Waals surface area contributed by atoms with Crippen LogP contribution >= 0.6 is 15.9 Å². The quantitative estimate of drug-likeness (QED) is 0.919. The highest BCUT2D eigenvalue weighted by Gasteiger charge is 2.16. The molecule has 0 aromatic heterocycles. The van der Waals surface area contributed by atoms with Gasteiger partial charge < -0.3 is 15.2 Å². The van der Waals surface area contributed by atoms with Gasteiger partial charge in [0.1, 0.15) is 0 Å². The highest BCUT2D eigenvalue weighted by Crippen LogP contribution is 2.37. The van der Waals surface area contributed by atoms with Crippen molar-refractivity contribution in [3.05, 3.63) is 22.2 Å². The van der Waals surface area contributed by atoms with Crippen molar-refractivity contribution in [1.29, 1.82) is 0 Å². The molecule has 3 nitrogen and oxygen atoms in total.